The summed E-state index contributed by atoms with van der Waals surface area (Å²) in [5.41, 5.74) is 1.34. The minimum absolute atomic E-state index is 0.0175. The molecule has 3 aromatic carbocycles. The molecule has 0 radical (unpaired) electrons. The van der Waals surface area contributed by atoms with Crippen molar-refractivity contribution in [3.8, 4) is 0 Å². The summed E-state index contributed by atoms with van der Waals surface area (Å²) in [5, 5.41) is 4.09. The number of nitrogens with zero attached hydrogens (tertiary/aromatic N) is 2. The number of rotatable bonds is 11. The summed E-state index contributed by atoms with van der Waals surface area (Å²) in [6, 6.07) is 16.9. The average Bonchev–Trinajstić information content (AvgIpc) is 3.48. The van der Waals surface area contributed by atoms with Crippen molar-refractivity contribution in [2.45, 2.75) is 69.5 Å². The monoisotopic (exact) mass is 649 g/mol. The van der Waals surface area contributed by atoms with Gasteiger partial charge in [-0.3, -0.25) is 13.9 Å². The second-order valence-corrected chi connectivity index (χ2v) is 13.5. The van der Waals surface area contributed by atoms with E-state index >= 15 is 0 Å². The minimum atomic E-state index is -4.21. The molecule has 4 rings (SSSR count). The Hall–Kier alpha value is -2.78. The quantitative estimate of drug-likeness (QED) is 0.242. The third kappa shape index (κ3) is 7.40. The van der Waals surface area contributed by atoms with Crippen LogP contribution in [0.2, 0.25) is 15.1 Å². The molecule has 1 aliphatic rings. The van der Waals surface area contributed by atoms with Gasteiger partial charge in [0.15, 0.2) is 0 Å². The standard InChI is InChI=1S/C31H34Cl3N3O4S/c1-3-28(31(39)35-23-10-7-8-11-23)36(19-25-26(33)14-9-15-27(25)34)30(38)20-37(29-18-22(32)17-16-21(29)2)42(40,41)24-12-5-4-6-13-24/h4-6,9,12-18,23,28H,3,7-8,10-11,19-20H2,1-2H3,(H,35,39)/t28-/m0/s1. The topological polar surface area (TPSA) is 86.8 Å². The largest absolute Gasteiger partial charge is 0.352 e. The van der Waals surface area contributed by atoms with E-state index in [1.807, 2.05) is 6.92 Å². The van der Waals surface area contributed by atoms with Crippen LogP contribution in [-0.4, -0.2) is 43.8 Å². The number of halogens is 3. The van der Waals surface area contributed by atoms with Crippen molar-refractivity contribution in [2.75, 3.05) is 10.8 Å². The van der Waals surface area contributed by atoms with Gasteiger partial charge in [-0.15, -0.1) is 0 Å². The predicted molar refractivity (Wildman–Crippen MR) is 169 cm³/mol. The number of benzene rings is 3. The molecule has 224 valence electrons. The number of sulfonamides is 1. The van der Waals surface area contributed by atoms with Crippen LogP contribution >= 0.6 is 34.8 Å². The van der Waals surface area contributed by atoms with Crippen LogP contribution in [0.4, 0.5) is 5.69 Å². The Morgan fingerprint density at radius 2 is 1.60 bits per heavy atom. The van der Waals surface area contributed by atoms with Crippen LogP contribution in [-0.2, 0) is 26.2 Å². The molecule has 0 bridgehead atoms. The van der Waals surface area contributed by atoms with E-state index in [0.29, 0.717) is 32.6 Å². The van der Waals surface area contributed by atoms with Crippen molar-refractivity contribution in [1.29, 1.82) is 0 Å². The second kappa shape index (κ2) is 14.1. The van der Waals surface area contributed by atoms with Gasteiger partial charge < -0.3 is 10.2 Å². The van der Waals surface area contributed by atoms with E-state index in [2.05, 4.69) is 5.32 Å². The van der Waals surface area contributed by atoms with Gasteiger partial charge in [0.2, 0.25) is 11.8 Å². The summed E-state index contributed by atoms with van der Waals surface area (Å²) in [7, 11) is -4.21. The molecule has 1 saturated carbocycles. The molecule has 7 nitrogen and oxygen atoms in total. The minimum Gasteiger partial charge on any atom is -0.352 e. The number of anilines is 1. The molecule has 2 amide bonds. The van der Waals surface area contributed by atoms with Gasteiger partial charge >= 0.3 is 0 Å². The zero-order valence-corrected chi connectivity index (χ0v) is 26.6. The Morgan fingerprint density at radius 3 is 2.21 bits per heavy atom. The van der Waals surface area contributed by atoms with E-state index in [1.54, 1.807) is 55.5 Å². The summed E-state index contributed by atoms with van der Waals surface area (Å²) < 4.78 is 29.1. The van der Waals surface area contributed by atoms with Gasteiger partial charge in [-0.05, 0) is 68.1 Å². The average molecular weight is 651 g/mol. The molecule has 11 heteroatoms. The lowest BCUT2D eigenvalue weighted by atomic mass is 10.1. The van der Waals surface area contributed by atoms with Gasteiger partial charge in [0, 0.05) is 33.2 Å². The van der Waals surface area contributed by atoms with Gasteiger partial charge in [0.25, 0.3) is 10.0 Å². The zero-order chi connectivity index (χ0) is 30.4. The van der Waals surface area contributed by atoms with Crippen molar-refractivity contribution >= 4 is 62.3 Å². The van der Waals surface area contributed by atoms with Crippen LogP contribution in [0.3, 0.4) is 0 Å². The molecule has 0 aliphatic heterocycles. The summed E-state index contributed by atoms with van der Waals surface area (Å²) in [4.78, 5) is 29.3. The highest BCUT2D eigenvalue weighted by Gasteiger charge is 2.35. The molecule has 3 aromatic rings. The fraction of sp³-hybridized carbons (Fsp3) is 0.355. The van der Waals surface area contributed by atoms with E-state index in [-0.39, 0.29) is 29.1 Å². The lowest BCUT2D eigenvalue weighted by molar-refractivity contribution is -0.140. The van der Waals surface area contributed by atoms with E-state index in [9.17, 15) is 18.0 Å². The van der Waals surface area contributed by atoms with Gasteiger partial charge in [-0.25, -0.2) is 8.42 Å². The third-order valence-electron chi connectivity index (χ3n) is 7.53. The van der Waals surface area contributed by atoms with E-state index in [0.717, 1.165) is 30.0 Å². The molecule has 1 aliphatic carbocycles. The summed E-state index contributed by atoms with van der Waals surface area (Å²) in [6.45, 7) is 2.90. The summed E-state index contributed by atoms with van der Waals surface area (Å²) in [6.07, 6.45) is 4.12. The Labute approximate surface area is 262 Å². The van der Waals surface area contributed by atoms with Crippen molar-refractivity contribution in [2.24, 2.45) is 0 Å². The molecule has 0 aromatic heterocycles. The Bertz CT molecular complexity index is 1510. The van der Waals surface area contributed by atoms with Crippen LogP contribution in [0.1, 0.15) is 50.2 Å². The number of aryl methyl sites for hydroxylation is 1. The fourth-order valence-corrected chi connectivity index (χ4v) is 7.40. The lowest BCUT2D eigenvalue weighted by Crippen LogP contribution is -2.53. The maximum absolute atomic E-state index is 14.3. The highest BCUT2D eigenvalue weighted by molar-refractivity contribution is 7.92. The molecule has 0 spiro atoms. The molecule has 1 N–H and O–H groups in total. The maximum atomic E-state index is 14.3. The Balaban J connectivity index is 1.77. The Morgan fingerprint density at radius 1 is 0.952 bits per heavy atom. The van der Waals surface area contributed by atoms with E-state index in [1.165, 1.54) is 23.1 Å². The molecular formula is C31H34Cl3N3O4S. The Kier molecular flexibility index (Phi) is 10.8. The molecule has 0 unspecified atom stereocenters. The van der Waals surface area contributed by atoms with Gasteiger partial charge in [0.05, 0.1) is 10.6 Å². The zero-order valence-electron chi connectivity index (χ0n) is 23.5. The second-order valence-electron chi connectivity index (χ2n) is 10.4. The maximum Gasteiger partial charge on any atom is 0.264 e. The number of carbonyl (C=O) groups excluding carboxylic acids is 2. The van der Waals surface area contributed by atoms with Gasteiger partial charge in [-0.1, -0.05) is 84.9 Å². The van der Waals surface area contributed by atoms with Crippen LogP contribution in [0.5, 0.6) is 0 Å². The van der Waals surface area contributed by atoms with Crippen molar-refractivity contribution in [1.82, 2.24) is 10.2 Å². The molecular weight excluding hydrogens is 617 g/mol. The van der Waals surface area contributed by atoms with Crippen LogP contribution in [0.25, 0.3) is 0 Å². The normalized spacial score (nSPS) is 14.4. The first kappa shape index (κ1) is 32.1. The third-order valence-corrected chi connectivity index (χ3v) is 10.2. The SMILES string of the molecule is CC[C@@H](C(=O)NC1CCCC1)N(Cc1c(Cl)cccc1Cl)C(=O)CN(c1cc(Cl)ccc1C)S(=O)(=O)c1ccccc1. The van der Waals surface area contributed by atoms with Gasteiger partial charge in [0.1, 0.15) is 12.6 Å². The van der Waals surface area contributed by atoms with Gasteiger partial charge in [-0.2, -0.15) is 0 Å². The predicted octanol–water partition coefficient (Wildman–Crippen LogP) is 7.02. The molecule has 1 fully saturated rings. The van der Waals surface area contributed by atoms with E-state index < -0.39 is 28.5 Å². The number of hydrogen-bond donors (Lipinski definition) is 1. The highest BCUT2D eigenvalue weighted by atomic mass is 35.5. The number of carbonyl (C=O) groups is 2. The van der Waals surface area contributed by atoms with Crippen molar-refractivity contribution in [3.63, 3.8) is 0 Å². The van der Waals surface area contributed by atoms with E-state index in [4.69, 9.17) is 34.8 Å². The van der Waals surface area contributed by atoms with Crippen LogP contribution in [0.15, 0.2) is 71.6 Å². The highest BCUT2D eigenvalue weighted by Crippen LogP contribution is 2.31. The summed E-state index contributed by atoms with van der Waals surface area (Å²) >= 11 is 19.3. The first-order valence-corrected chi connectivity index (χ1v) is 16.5. The first-order chi connectivity index (χ1) is 20.0. The molecule has 0 heterocycles. The number of amides is 2. The number of hydrogen-bond acceptors (Lipinski definition) is 4. The van der Waals surface area contributed by atoms with Crippen molar-refractivity contribution < 1.29 is 18.0 Å². The smallest absolute Gasteiger partial charge is 0.264 e. The lowest BCUT2D eigenvalue weighted by Gasteiger charge is -2.34. The molecule has 0 saturated heterocycles. The summed E-state index contributed by atoms with van der Waals surface area (Å²) in [5.74, 6) is -0.879. The molecule has 1 atom stereocenters. The van der Waals surface area contributed by atoms with Crippen LogP contribution in [0, 0.1) is 6.92 Å². The molecule has 42 heavy (non-hydrogen) atoms. The van der Waals surface area contributed by atoms with Crippen LogP contribution < -0.4 is 9.62 Å². The number of nitrogens with one attached hydrogen (secondary N) is 1. The first-order valence-electron chi connectivity index (χ1n) is 13.9. The fourth-order valence-electron chi connectivity index (χ4n) is 5.23. The van der Waals surface area contributed by atoms with Crippen molar-refractivity contribution in [3.05, 3.63) is 92.9 Å².